The van der Waals surface area contributed by atoms with Crippen LogP contribution >= 0.6 is 11.6 Å². The molecule has 0 aromatic heterocycles. The number of carbonyl (C=O) groups is 1. The monoisotopic (exact) mass is 156 g/mol. The fraction of sp³-hybridized carbons (Fsp3) is 0.375. The number of rotatable bonds is 1. The van der Waals surface area contributed by atoms with E-state index in [4.69, 9.17) is 11.6 Å². The van der Waals surface area contributed by atoms with Crippen molar-refractivity contribution in [3.63, 3.8) is 0 Å². The molecule has 0 saturated heterocycles. The van der Waals surface area contributed by atoms with Gasteiger partial charge in [-0.25, -0.2) is 0 Å². The minimum absolute atomic E-state index is 0.0941. The third kappa shape index (κ3) is 1.14. The summed E-state index contributed by atoms with van der Waals surface area (Å²) in [5, 5.41) is 0. The zero-order chi connectivity index (χ0) is 7.61. The average molecular weight is 157 g/mol. The molecule has 1 aliphatic carbocycles. The van der Waals surface area contributed by atoms with Gasteiger partial charge in [-0.2, -0.15) is 0 Å². The van der Waals surface area contributed by atoms with E-state index in [1.807, 2.05) is 19.1 Å². The van der Waals surface area contributed by atoms with Crippen LogP contribution in [-0.4, -0.2) is 11.2 Å². The van der Waals surface area contributed by atoms with E-state index in [2.05, 4.69) is 0 Å². The fourth-order valence-electron chi connectivity index (χ4n) is 0.880. The fourth-order valence-corrected chi connectivity index (χ4v) is 1.03. The van der Waals surface area contributed by atoms with Gasteiger partial charge in [0.25, 0.3) is 0 Å². The van der Waals surface area contributed by atoms with Crippen LogP contribution in [0, 0.1) is 5.92 Å². The molecule has 10 heavy (non-hydrogen) atoms. The van der Waals surface area contributed by atoms with Gasteiger partial charge in [-0.3, -0.25) is 0 Å². The maximum Gasteiger partial charge on any atom is 0.145 e. The van der Waals surface area contributed by atoms with Gasteiger partial charge in [-0.05, 0) is 0 Å². The van der Waals surface area contributed by atoms with Gasteiger partial charge in [0, 0.05) is 5.92 Å². The number of alkyl halides is 1. The molecule has 0 radical (unpaired) electrons. The lowest BCUT2D eigenvalue weighted by Crippen LogP contribution is -2.29. The van der Waals surface area contributed by atoms with Crippen molar-refractivity contribution in [2.45, 2.75) is 11.8 Å². The Morgan fingerprint density at radius 1 is 1.60 bits per heavy atom. The van der Waals surface area contributed by atoms with Crippen LogP contribution in [0.4, 0.5) is 0 Å². The molecule has 1 nitrogen and oxygen atoms in total. The third-order valence-electron chi connectivity index (χ3n) is 1.74. The molecule has 0 bridgehead atoms. The predicted molar refractivity (Wildman–Crippen MR) is 42.1 cm³/mol. The van der Waals surface area contributed by atoms with Crippen molar-refractivity contribution in [3.05, 3.63) is 24.3 Å². The van der Waals surface area contributed by atoms with Gasteiger partial charge in [-0.15, -0.1) is 11.6 Å². The Morgan fingerprint density at radius 3 is 2.70 bits per heavy atom. The van der Waals surface area contributed by atoms with Crippen LogP contribution in [0.15, 0.2) is 24.3 Å². The minimum atomic E-state index is -0.797. The highest BCUT2D eigenvalue weighted by Crippen LogP contribution is 2.28. The van der Waals surface area contributed by atoms with Crippen molar-refractivity contribution >= 4 is 17.9 Å². The first-order valence-corrected chi connectivity index (χ1v) is 3.58. The van der Waals surface area contributed by atoms with Crippen molar-refractivity contribution in [1.82, 2.24) is 0 Å². The Labute approximate surface area is 65.4 Å². The number of carbonyl (C=O) groups excluding carboxylic acids is 1. The van der Waals surface area contributed by atoms with E-state index >= 15 is 0 Å². The Bertz CT molecular complexity index is 195. The van der Waals surface area contributed by atoms with Gasteiger partial charge in [0.2, 0.25) is 0 Å². The topological polar surface area (TPSA) is 17.1 Å². The number of halogens is 1. The lowest BCUT2D eigenvalue weighted by Gasteiger charge is -2.23. The summed E-state index contributed by atoms with van der Waals surface area (Å²) in [5.41, 5.74) is 0. The van der Waals surface area contributed by atoms with Crippen LogP contribution in [-0.2, 0) is 4.79 Å². The van der Waals surface area contributed by atoms with E-state index in [9.17, 15) is 4.79 Å². The van der Waals surface area contributed by atoms with Crippen molar-refractivity contribution in [1.29, 1.82) is 0 Å². The highest BCUT2D eigenvalue weighted by Gasteiger charge is 2.30. The van der Waals surface area contributed by atoms with Gasteiger partial charge >= 0.3 is 0 Å². The maximum absolute atomic E-state index is 10.5. The van der Waals surface area contributed by atoms with Crippen LogP contribution in [0.2, 0.25) is 0 Å². The highest BCUT2D eigenvalue weighted by atomic mass is 35.5. The summed E-state index contributed by atoms with van der Waals surface area (Å²) in [5.74, 6) is 0.0941. The first kappa shape index (κ1) is 7.55. The molecule has 0 spiro atoms. The predicted octanol–water partition coefficient (Wildman–Crippen LogP) is 1.93. The van der Waals surface area contributed by atoms with Crippen LogP contribution < -0.4 is 0 Å². The molecule has 0 aromatic carbocycles. The Balaban J connectivity index is 2.87. The summed E-state index contributed by atoms with van der Waals surface area (Å²) in [6, 6.07) is 0. The van der Waals surface area contributed by atoms with E-state index in [1.165, 1.54) is 0 Å². The second-order valence-electron chi connectivity index (χ2n) is 2.48. The molecule has 0 fully saturated rings. The second kappa shape index (κ2) is 2.59. The molecule has 1 aliphatic rings. The zero-order valence-corrected chi connectivity index (χ0v) is 6.51. The molecular formula is C8H9ClO. The average Bonchev–Trinajstić information content (AvgIpc) is 1.96. The molecule has 1 rings (SSSR count). The molecule has 0 aromatic rings. The van der Waals surface area contributed by atoms with Gasteiger partial charge in [0.15, 0.2) is 0 Å². The second-order valence-corrected chi connectivity index (χ2v) is 3.13. The van der Waals surface area contributed by atoms with Crippen LogP contribution in [0.25, 0.3) is 0 Å². The molecule has 2 unspecified atom stereocenters. The summed E-state index contributed by atoms with van der Waals surface area (Å²) in [7, 11) is 0. The number of hydrogen-bond acceptors (Lipinski definition) is 1. The minimum Gasteiger partial charge on any atom is -0.301 e. The summed E-state index contributed by atoms with van der Waals surface area (Å²) in [4.78, 5) is 9.68. The first-order valence-electron chi connectivity index (χ1n) is 3.20. The highest BCUT2D eigenvalue weighted by molar-refractivity contribution is 6.33. The van der Waals surface area contributed by atoms with E-state index in [-0.39, 0.29) is 5.92 Å². The van der Waals surface area contributed by atoms with Crippen LogP contribution in [0.3, 0.4) is 0 Å². The van der Waals surface area contributed by atoms with E-state index in [0.717, 1.165) is 6.29 Å². The lowest BCUT2D eigenvalue weighted by atomic mass is 9.90. The summed E-state index contributed by atoms with van der Waals surface area (Å²) in [6.07, 6.45) is 8.10. The summed E-state index contributed by atoms with van der Waals surface area (Å²) in [6.45, 7) is 1.92. The SMILES string of the molecule is CC1C=CC=CC1(Cl)C=O. The van der Waals surface area contributed by atoms with Crippen molar-refractivity contribution in [2.24, 2.45) is 5.92 Å². The number of hydrogen-bond donors (Lipinski definition) is 0. The smallest absolute Gasteiger partial charge is 0.145 e. The Kier molecular flexibility index (Phi) is 1.95. The molecule has 2 heteroatoms. The quantitative estimate of drug-likeness (QED) is 0.419. The summed E-state index contributed by atoms with van der Waals surface area (Å²) >= 11 is 5.90. The molecule has 0 N–H and O–H groups in total. The number of aldehydes is 1. The van der Waals surface area contributed by atoms with Gasteiger partial charge in [-0.1, -0.05) is 31.2 Å². The Hall–Kier alpha value is -0.560. The van der Waals surface area contributed by atoms with E-state index in [1.54, 1.807) is 12.2 Å². The third-order valence-corrected chi connectivity index (χ3v) is 2.30. The van der Waals surface area contributed by atoms with Crippen molar-refractivity contribution < 1.29 is 4.79 Å². The van der Waals surface area contributed by atoms with Gasteiger partial charge in [0.05, 0.1) is 0 Å². The molecule has 0 saturated carbocycles. The van der Waals surface area contributed by atoms with E-state index in [0.29, 0.717) is 0 Å². The molecule has 0 aliphatic heterocycles. The number of allylic oxidation sites excluding steroid dienone is 4. The lowest BCUT2D eigenvalue weighted by molar-refractivity contribution is -0.109. The maximum atomic E-state index is 10.5. The molecule has 0 amide bonds. The molecule has 0 heterocycles. The standard InChI is InChI=1S/C8H9ClO/c1-7-4-2-3-5-8(7,9)6-10/h2-7H,1H3. The van der Waals surface area contributed by atoms with Crippen molar-refractivity contribution in [3.8, 4) is 0 Å². The van der Waals surface area contributed by atoms with Gasteiger partial charge < -0.3 is 4.79 Å². The normalized spacial score (nSPS) is 38.0. The zero-order valence-electron chi connectivity index (χ0n) is 5.75. The molecular weight excluding hydrogens is 148 g/mol. The van der Waals surface area contributed by atoms with Crippen molar-refractivity contribution in [2.75, 3.05) is 0 Å². The first-order chi connectivity index (χ1) is 4.69. The largest absolute Gasteiger partial charge is 0.301 e. The van der Waals surface area contributed by atoms with E-state index < -0.39 is 4.87 Å². The van der Waals surface area contributed by atoms with Crippen LogP contribution in [0.5, 0.6) is 0 Å². The molecule has 54 valence electrons. The molecule has 2 atom stereocenters. The van der Waals surface area contributed by atoms with Gasteiger partial charge in [0.1, 0.15) is 11.2 Å². The Morgan fingerprint density at radius 2 is 2.30 bits per heavy atom. The summed E-state index contributed by atoms with van der Waals surface area (Å²) < 4.78 is 0. The van der Waals surface area contributed by atoms with Crippen LogP contribution in [0.1, 0.15) is 6.92 Å².